The minimum absolute atomic E-state index is 0.0396. The summed E-state index contributed by atoms with van der Waals surface area (Å²) in [4.78, 5) is 37.7. The molecule has 0 heterocycles. The Hall–Kier alpha value is -2.29. The lowest BCUT2D eigenvalue weighted by Gasteiger charge is -2.28. The highest BCUT2D eigenvalue weighted by Gasteiger charge is 2.21. The number of allylic oxidation sites excluding steroid dienone is 10. The fourth-order valence-corrected chi connectivity index (χ4v) is 7.30. The van der Waals surface area contributed by atoms with Crippen molar-refractivity contribution in [1.82, 2.24) is 0 Å². The molecule has 0 aromatic heterocycles. The molecule has 0 aromatic carbocycles. The monoisotopic (exact) mass is 892 g/mol. The molecule has 0 amide bonds. The van der Waals surface area contributed by atoms with Gasteiger partial charge < -0.3 is 27.9 Å². The van der Waals surface area contributed by atoms with Crippen LogP contribution in [0.4, 0.5) is 0 Å². The number of esters is 2. The number of phosphoric ester groups is 1. The maximum Gasteiger partial charge on any atom is 0.306 e. The van der Waals surface area contributed by atoms with Crippen LogP contribution in [0.15, 0.2) is 60.8 Å². The highest BCUT2D eigenvalue weighted by Crippen LogP contribution is 2.38. The van der Waals surface area contributed by atoms with E-state index >= 15 is 0 Å². The van der Waals surface area contributed by atoms with Gasteiger partial charge in [0, 0.05) is 12.8 Å². The summed E-state index contributed by atoms with van der Waals surface area (Å²) in [6.45, 7) is 4.16. The molecule has 0 radical (unpaired) electrons. The highest BCUT2D eigenvalue weighted by atomic mass is 31.2. The average molecular weight is 892 g/mol. The predicted octanol–water partition coefficient (Wildman–Crippen LogP) is 14.2. The number of carbonyl (C=O) groups is 2. The van der Waals surface area contributed by atoms with Crippen LogP contribution in [0.5, 0.6) is 0 Å². The first kappa shape index (κ1) is 59.7. The molecule has 0 aliphatic rings. The quantitative estimate of drug-likeness (QED) is 0.0195. The molecule has 9 nitrogen and oxygen atoms in total. The van der Waals surface area contributed by atoms with Crippen molar-refractivity contribution >= 4 is 19.8 Å². The Morgan fingerprint density at radius 1 is 0.500 bits per heavy atom. The number of phosphoric acid groups is 1. The predicted molar refractivity (Wildman–Crippen MR) is 259 cm³/mol. The van der Waals surface area contributed by atoms with Gasteiger partial charge in [0.25, 0.3) is 7.82 Å². The molecule has 0 aliphatic carbocycles. The van der Waals surface area contributed by atoms with Crippen LogP contribution in [0.25, 0.3) is 0 Å². The minimum Gasteiger partial charge on any atom is -0.756 e. The topological polar surface area (TPSA) is 111 Å². The minimum atomic E-state index is -4.64. The van der Waals surface area contributed by atoms with Gasteiger partial charge in [0.15, 0.2) is 6.10 Å². The Bertz CT molecular complexity index is 1240. The third-order valence-electron chi connectivity index (χ3n) is 10.5. The van der Waals surface area contributed by atoms with Crippen molar-refractivity contribution < 1.29 is 42.1 Å². The van der Waals surface area contributed by atoms with Gasteiger partial charge in [-0.25, -0.2) is 0 Å². The van der Waals surface area contributed by atoms with Gasteiger partial charge >= 0.3 is 11.9 Å². The molecule has 0 fully saturated rings. The van der Waals surface area contributed by atoms with E-state index in [0.29, 0.717) is 17.4 Å². The molecule has 360 valence electrons. The molecule has 0 N–H and O–H groups in total. The van der Waals surface area contributed by atoms with E-state index in [0.717, 1.165) is 57.8 Å². The van der Waals surface area contributed by atoms with Gasteiger partial charge in [0.05, 0.1) is 27.7 Å². The van der Waals surface area contributed by atoms with Gasteiger partial charge in [0.1, 0.15) is 19.8 Å². The van der Waals surface area contributed by atoms with E-state index in [1.807, 2.05) is 21.1 Å². The first-order valence-corrected chi connectivity index (χ1v) is 26.5. The van der Waals surface area contributed by atoms with Crippen LogP contribution in [-0.4, -0.2) is 70.0 Å². The number of carbonyl (C=O) groups excluding carboxylic acids is 2. The van der Waals surface area contributed by atoms with Crippen LogP contribution in [-0.2, 0) is 32.7 Å². The average Bonchev–Trinajstić information content (AvgIpc) is 3.23. The van der Waals surface area contributed by atoms with E-state index in [4.69, 9.17) is 18.5 Å². The molecular formula is C52H94NO8P. The number of likely N-dealkylation sites (N-methyl/N-ethyl adjacent to an activating group) is 1. The number of hydrogen-bond acceptors (Lipinski definition) is 8. The molecule has 1 unspecified atom stereocenters. The van der Waals surface area contributed by atoms with Crippen molar-refractivity contribution in [2.75, 3.05) is 47.5 Å². The van der Waals surface area contributed by atoms with Crippen molar-refractivity contribution in [2.24, 2.45) is 0 Å². The molecule has 10 heteroatoms. The SMILES string of the molecule is CCCCC/C=C\C/C=C\C/C=C\C/C=C\CCCCCC(=O)O[C@H](COC(=O)CCCCCCCCCCC/C=C\CCCCCCCC)COP(=O)([O-])OCC[N+](C)(C)C. The summed E-state index contributed by atoms with van der Waals surface area (Å²) in [6, 6.07) is 0. The van der Waals surface area contributed by atoms with Crippen molar-refractivity contribution in [3.8, 4) is 0 Å². The Balaban J connectivity index is 4.35. The first-order valence-electron chi connectivity index (χ1n) is 25.0. The number of unbranched alkanes of at least 4 members (excludes halogenated alkanes) is 21. The van der Waals surface area contributed by atoms with Gasteiger partial charge in [-0.1, -0.05) is 171 Å². The largest absolute Gasteiger partial charge is 0.756 e. The van der Waals surface area contributed by atoms with Gasteiger partial charge in [-0.15, -0.1) is 0 Å². The van der Waals surface area contributed by atoms with Gasteiger partial charge in [0.2, 0.25) is 0 Å². The lowest BCUT2D eigenvalue weighted by molar-refractivity contribution is -0.870. The van der Waals surface area contributed by atoms with E-state index < -0.39 is 32.5 Å². The highest BCUT2D eigenvalue weighted by molar-refractivity contribution is 7.45. The lowest BCUT2D eigenvalue weighted by atomic mass is 10.1. The third-order valence-corrected chi connectivity index (χ3v) is 11.5. The smallest absolute Gasteiger partial charge is 0.306 e. The molecule has 0 aromatic rings. The molecule has 62 heavy (non-hydrogen) atoms. The lowest BCUT2D eigenvalue weighted by Crippen LogP contribution is -2.37. The summed E-state index contributed by atoms with van der Waals surface area (Å²) >= 11 is 0. The summed E-state index contributed by atoms with van der Waals surface area (Å²) in [7, 11) is 1.14. The second-order valence-electron chi connectivity index (χ2n) is 17.8. The Morgan fingerprint density at radius 2 is 0.871 bits per heavy atom. The Kier molecular flexibility index (Phi) is 42.3. The fraction of sp³-hybridized carbons (Fsp3) is 0.769. The number of ether oxygens (including phenoxy) is 2. The summed E-state index contributed by atoms with van der Waals surface area (Å²) < 4.78 is 34.0. The summed E-state index contributed by atoms with van der Waals surface area (Å²) in [5.74, 6) is -0.872. The van der Waals surface area contributed by atoms with E-state index in [9.17, 15) is 19.0 Å². The van der Waals surface area contributed by atoms with Crippen LogP contribution in [0.3, 0.4) is 0 Å². The zero-order valence-corrected chi connectivity index (χ0v) is 41.4. The summed E-state index contributed by atoms with van der Waals surface area (Å²) in [5.41, 5.74) is 0. The third kappa shape index (κ3) is 47.2. The van der Waals surface area contributed by atoms with Crippen molar-refractivity contribution in [3.05, 3.63) is 60.8 Å². The van der Waals surface area contributed by atoms with Crippen molar-refractivity contribution in [1.29, 1.82) is 0 Å². The normalized spacial score (nSPS) is 14.0. The first-order chi connectivity index (χ1) is 30.0. The zero-order valence-electron chi connectivity index (χ0n) is 40.6. The molecule has 2 atom stereocenters. The maximum atomic E-state index is 12.7. The van der Waals surface area contributed by atoms with E-state index in [2.05, 4.69) is 74.6 Å². The fourth-order valence-electron chi connectivity index (χ4n) is 6.57. The standard InChI is InChI=1S/C52H94NO8P/c1-6-8-10-12-14-16-18-20-22-24-26-28-30-32-34-36-38-40-42-44-51(54)58-48-50(49-60-62(56,57)59-47-46-53(3,4)5)61-52(55)45-43-41-39-37-35-33-31-29-27-25-23-21-19-17-15-13-11-9-7-2/h15,17,20-23,27,29,33,35,50H,6-14,16,18-19,24-26,28,30-32,34,36-49H2,1-5H3/b17-15-,22-20-,23-21-,29-27-,35-33-/t50-/m1/s1. The van der Waals surface area contributed by atoms with E-state index in [-0.39, 0.29) is 26.1 Å². The van der Waals surface area contributed by atoms with E-state index in [1.54, 1.807) is 0 Å². The van der Waals surface area contributed by atoms with Crippen LogP contribution in [0.2, 0.25) is 0 Å². The van der Waals surface area contributed by atoms with Gasteiger partial charge in [-0.05, 0) is 83.5 Å². The molecule has 0 aliphatic heterocycles. The number of rotatable bonds is 45. The van der Waals surface area contributed by atoms with Gasteiger partial charge in [-0.3, -0.25) is 14.2 Å². The second kappa shape index (κ2) is 43.9. The van der Waals surface area contributed by atoms with Crippen molar-refractivity contribution in [2.45, 2.75) is 213 Å². The van der Waals surface area contributed by atoms with Crippen LogP contribution >= 0.6 is 7.82 Å². The molecule has 0 bridgehead atoms. The summed E-state index contributed by atoms with van der Waals surface area (Å²) in [6.07, 6.45) is 53.9. The molecule has 0 spiro atoms. The Labute approximate surface area is 381 Å². The van der Waals surface area contributed by atoms with Crippen LogP contribution < -0.4 is 4.89 Å². The maximum absolute atomic E-state index is 12.7. The van der Waals surface area contributed by atoms with Gasteiger partial charge in [-0.2, -0.15) is 0 Å². The Morgan fingerprint density at radius 3 is 1.35 bits per heavy atom. The molecule has 0 saturated heterocycles. The van der Waals surface area contributed by atoms with Crippen molar-refractivity contribution in [3.63, 3.8) is 0 Å². The second-order valence-corrected chi connectivity index (χ2v) is 19.2. The number of quaternary nitrogens is 1. The van der Waals surface area contributed by atoms with Crippen LogP contribution in [0, 0.1) is 0 Å². The molecule has 0 saturated carbocycles. The van der Waals surface area contributed by atoms with E-state index in [1.165, 1.54) is 116 Å². The number of nitrogens with zero attached hydrogens (tertiary/aromatic N) is 1. The molecule has 0 rings (SSSR count). The summed E-state index contributed by atoms with van der Waals surface area (Å²) in [5, 5.41) is 0. The molecular weight excluding hydrogens is 798 g/mol. The van der Waals surface area contributed by atoms with Crippen LogP contribution in [0.1, 0.15) is 206 Å². The zero-order chi connectivity index (χ0) is 45.7. The number of hydrogen-bond donors (Lipinski definition) is 0.